The van der Waals surface area contributed by atoms with E-state index in [1.165, 1.54) is 7.11 Å². The van der Waals surface area contributed by atoms with Gasteiger partial charge in [-0.25, -0.2) is 4.79 Å². The number of rotatable bonds is 28. The molecule has 6 aromatic rings. The third kappa shape index (κ3) is 16.7. The zero-order chi connectivity index (χ0) is 60.3. The lowest BCUT2D eigenvalue weighted by atomic mass is 9.90. The van der Waals surface area contributed by atoms with Crippen LogP contribution >= 0.6 is 0 Å². The van der Waals surface area contributed by atoms with Gasteiger partial charge in [-0.05, 0) is 69.9 Å². The Morgan fingerprint density at radius 2 is 1.08 bits per heavy atom. The summed E-state index contributed by atoms with van der Waals surface area (Å²) in [6.07, 6.45) is 0.146. The normalized spacial score (nSPS) is 24.6. The minimum absolute atomic E-state index is 0.0854. The van der Waals surface area contributed by atoms with Crippen molar-refractivity contribution in [3.63, 3.8) is 0 Å². The van der Waals surface area contributed by atoms with E-state index in [9.17, 15) is 9.59 Å². The molecular formula is C72H88O14Si. The van der Waals surface area contributed by atoms with Crippen molar-refractivity contribution in [2.45, 2.75) is 190 Å². The first-order valence-corrected chi connectivity index (χ1v) is 33.4. The van der Waals surface area contributed by atoms with E-state index < -0.39 is 86.5 Å². The van der Waals surface area contributed by atoms with Crippen LogP contribution in [0.2, 0.25) is 5.04 Å². The first kappa shape index (κ1) is 64.1. The minimum atomic E-state index is -3.55. The van der Waals surface area contributed by atoms with Crippen molar-refractivity contribution in [2.24, 2.45) is 0 Å². The van der Waals surface area contributed by atoms with Crippen molar-refractivity contribution in [1.82, 2.24) is 0 Å². The molecule has 1 spiro atoms. The van der Waals surface area contributed by atoms with Gasteiger partial charge in [0.1, 0.15) is 42.7 Å². The van der Waals surface area contributed by atoms with Crippen molar-refractivity contribution >= 4 is 30.6 Å². The van der Waals surface area contributed by atoms with Crippen LogP contribution in [-0.4, -0.2) is 114 Å². The second kappa shape index (κ2) is 31.5. The van der Waals surface area contributed by atoms with E-state index in [1.807, 2.05) is 109 Å². The van der Waals surface area contributed by atoms with Crippen molar-refractivity contribution < 1.29 is 66.1 Å². The van der Waals surface area contributed by atoms with Crippen LogP contribution in [-0.2, 0) is 81.1 Å². The molecule has 0 amide bonds. The Morgan fingerprint density at radius 3 is 1.66 bits per heavy atom. The predicted molar refractivity (Wildman–Crippen MR) is 333 cm³/mol. The number of esters is 2. The number of hydrogen-bond donors (Lipinski definition) is 0. The molecule has 15 heteroatoms. The summed E-state index contributed by atoms with van der Waals surface area (Å²) in [5.41, 5.74) is 3.28. The average Bonchev–Trinajstić information content (AvgIpc) is 1.49. The Morgan fingerprint density at radius 1 is 0.552 bits per heavy atom. The van der Waals surface area contributed by atoms with Crippen molar-refractivity contribution in [3.8, 4) is 0 Å². The number of carbonyl (C=O) groups is 2. The van der Waals surface area contributed by atoms with Crippen LogP contribution in [0.1, 0.15) is 125 Å². The molecule has 87 heavy (non-hydrogen) atoms. The van der Waals surface area contributed by atoms with Crippen molar-refractivity contribution in [1.29, 1.82) is 0 Å². The molecule has 3 heterocycles. The monoisotopic (exact) mass is 1200 g/mol. The van der Waals surface area contributed by atoms with Crippen LogP contribution in [0.25, 0.3) is 0 Å². The van der Waals surface area contributed by atoms with Crippen molar-refractivity contribution in [2.75, 3.05) is 26.9 Å². The van der Waals surface area contributed by atoms with E-state index in [4.69, 9.17) is 56.5 Å². The maximum Gasteiger partial charge on any atom is 0.338 e. The van der Waals surface area contributed by atoms with Gasteiger partial charge in [-0.2, -0.15) is 0 Å². The molecule has 10 atom stereocenters. The molecule has 1 aliphatic carbocycles. The average molecular weight is 1210 g/mol. The lowest BCUT2D eigenvalue weighted by Crippen LogP contribution is -2.73. The van der Waals surface area contributed by atoms with Crippen LogP contribution in [0.3, 0.4) is 0 Å². The molecule has 4 aliphatic rings. The molecule has 3 aliphatic heterocycles. The quantitative estimate of drug-likeness (QED) is 0.0261. The van der Waals surface area contributed by atoms with Crippen LogP contribution in [0.5, 0.6) is 0 Å². The second-order valence-corrected chi connectivity index (χ2v) is 28.6. The lowest BCUT2D eigenvalue weighted by Gasteiger charge is -2.55. The summed E-state index contributed by atoms with van der Waals surface area (Å²) in [6, 6.07) is 60.2. The number of ether oxygens (including phenoxy) is 11. The molecule has 6 aromatic carbocycles. The van der Waals surface area contributed by atoms with Gasteiger partial charge in [0.2, 0.25) is 0 Å². The summed E-state index contributed by atoms with van der Waals surface area (Å²) in [7, 11) is -2.12. The van der Waals surface area contributed by atoms with Gasteiger partial charge in [0.15, 0.2) is 24.5 Å². The van der Waals surface area contributed by atoms with Gasteiger partial charge in [-0.1, -0.05) is 223 Å². The highest BCUT2D eigenvalue weighted by molar-refractivity contribution is 6.99. The van der Waals surface area contributed by atoms with Gasteiger partial charge in [-0.15, -0.1) is 0 Å². The van der Waals surface area contributed by atoms with Crippen molar-refractivity contribution in [3.05, 3.63) is 204 Å². The first-order chi connectivity index (χ1) is 42.5. The summed E-state index contributed by atoms with van der Waals surface area (Å²) in [5, 5.41) is 1.57. The summed E-state index contributed by atoms with van der Waals surface area (Å²) >= 11 is 0. The second-order valence-electron chi connectivity index (χ2n) is 24.4. The molecule has 4 fully saturated rings. The Kier molecular flexibility index (Phi) is 23.2. The summed E-state index contributed by atoms with van der Waals surface area (Å²) in [4.78, 5) is 26.6. The maximum absolute atomic E-state index is 14.8. The van der Waals surface area contributed by atoms with Gasteiger partial charge in [0, 0.05) is 25.9 Å². The highest BCUT2D eigenvalue weighted by Gasteiger charge is 2.61. The molecule has 3 saturated heterocycles. The number of carbonyl (C=O) groups excluding carboxylic acids is 2. The Bertz CT molecular complexity index is 2930. The van der Waals surface area contributed by atoms with E-state index in [0.717, 1.165) is 78.4 Å². The van der Waals surface area contributed by atoms with Crippen LogP contribution in [0, 0.1) is 0 Å². The number of fused-ring (bicyclic) bond motifs is 1. The molecule has 10 rings (SSSR count). The van der Waals surface area contributed by atoms with E-state index in [1.54, 1.807) is 12.1 Å². The fraction of sp³-hybridized carbons (Fsp3) is 0.472. The molecular weight excluding hydrogens is 1120 g/mol. The van der Waals surface area contributed by atoms with Gasteiger partial charge >= 0.3 is 11.9 Å². The minimum Gasteiger partial charge on any atom is -0.469 e. The number of unbranched alkanes of at least 4 members (excludes halogenated alkanes) is 5. The molecule has 0 N–H and O–H groups in total. The standard InChI is InChI=1S/C72H88O14Si/c1-71(2,3)87(57-40-24-13-25-41-57,58-42-26-14-27-43-58)86-67-64(79-50-55-36-20-11-21-37-55)62(78-49-54-34-18-10-19-35-54)59(51-76-48-53-32-16-9-17-33-53)82-70(67)84-65-63-60(52-80-72(85-63)45-29-15-30-46-72)81-69(66(65)83-68(74)56-38-22-12-23-39-56)77-47-31-8-6-5-7-28-44-61(73)75-4/h9-14,16-27,32-43,59-60,62-67,69-70H,5-8,15,28-31,44-52H2,1-4H3/t59-,60-,62-,63-,64+,65+,66+,67+,69-,70-/m1/s1. The summed E-state index contributed by atoms with van der Waals surface area (Å²) in [6.45, 7) is 8.06. The Labute approximate surface area is 515 Å². The number of benzene rings is 6. The van der Waals surface area contributed by atoms with Crippen LogP contribution < -0.4 is 10.4 Å². The highest BCUT2D eigenvalue weighted by Crippen LogP contribution is 2.46. The van der Waals surface area contributed by atoms with E-state index in [2.05, 4.69) is 81.4 Å². The third-order valence-electron chi connectivity index (χ3n) is 17.2. The molecule has 14 nitrogen and oxygen atoms in total. The SMILES string of the molecule is COC(=O)CCCCCCCCO[C@@H]1O[C@@H]2COC3(CCCCC3)O[C@H]2[C@H](O[C@H]2O[C@H](COCc3ccccc3)[C@@H](OCc3ccccc3)[C@H](OCc3ccccc3)[C@@H]2O[Si](c2ccccc2)(c2ccccc2)C(C)(C)C)[C@@H]1OC(=O)c1ccccc1. The van der Waals surface area contributed by atoms with Gasteiger partial charge in [0.05, 0.1) is 45.7 Å². The van der Waals surface area contributed by atoms with Gasteiger partial charge in [0.25, 0.3) is 8.32 Å². The smallest absolute Gasteiger partial charge is 0.338 e. The maximum atomic E-state index is 14.8. The highest BCUT2D eigenvalue weighted by atomic mass is 28.4. The molecule has 0 bridgehead atoms. The summed E-state index contributed by atoms with van der Waals surface area (Å²) in [5.74, 6) is -1.69. The van der Waals surface area contributed by atoms with Crippen LogP contribution in [0.4, 0.5) is 0 Å². The van der Waals surface area contributed by atoms with Gasteiger partial charge in [-0.3, -0.25) is 4.79 Å². The molecule has 0 aromatic heterocycles. The number of hydrogen-bond acceptors (Lipinski definition) is 14. The fourth-order valence-electron chi connectivity index (χ4n) is 12.7. The lowest BCUT2D eigenvalue weighted by molar-refractivity contribution is -0.415. The van der Waals surface area contributed by atoms with E-state index in [-0.39, 0.29) is 32.4 Å². The molecule has 0 radical (unpaired) electrons. The van der Waals surface area contributed by atoms with Gasteiger partial charge < -0.3 is 56.5 Å². The first-order valence-electron chi connectivity index (χ1n) is 31.5. The zero-order valence-electron chi connectivity index (χ0n) is 51.0. The topological polar surface area (TPSA) is 145 Å². The molecule has 464 valence electrons. The Balaban J connectivity index is 1.10. The zero-order valence-corrected chi connectivity index (χ0v) is 52.0. The molecule has 0 unspecified atom stereocenters. The van der Waals surface area contributed by atoms with Crippen LogP contribution in [0.15, 0.2) is 182 Å². The largest absolute Gasteiger partial charge is 0.469 e. The summed E-state index contributed by atoms with van der Waals surface area (Å²) < 4.78 is 84.8. The Hall–Kier alpha value is -5.92. The molecule has 1 saturated carbocycles. The fourth-order valence-corrected chi connectivity index (χ4v) is 17.3. The van der Waals surface area contributed by atoms with E-state index in [0.29, 0.717) is 44.5 Å². The predicted octanol–water partition coefficient (Wildman–Crippen LogP) is 12.4. The number of methoxy groups -OCH3 is 1. The van der Waals surface area contributed by atoms with E-state index >= 15 is 0 Å². The third-order valence-corrected chi connectivity index (χ3v) is 22.2.